The SMILES string of the molecule is CCCCCCCCN1CCCC1C#N. The monoisotopic (exact) mass is 208 g/mol. The Morgan fingerprint density at radius 2 is 1.93 bits per heavy atom. The average Bonchev–Trinajstić information content (AvgIpc) is 2.70. The number of hydrogen-bond donors (Lipinski definition) is 0. The van der Waals surface area contributed by atoms with Gasteiger partial charge in [0.05, 0.1) is 12.1 Å². The van der Waals surface area contributed by atoms with Crippen molar-refractivity contribution < 1.29 is 0 Å². The Bertz CT molecular complexity index is 195. The molecule has 1 heterocycles. The van der Waals surface area contributed by atoms with Gasteiger partial charge in [-0.3, -0.25) is 4.90 Å². The van der Waals surface area contributed by atoms with Gasteiger partial charge in [-0.25, -0.2) is 0 Å². The van der Waals surface area contributed by atoms with E-state index in [1.165, 1.54) is 44.9 Å². The molecule has 0 amide bonds. The summed E-state index contributed by atoms with van der Waals surface area (Å²) in [6.07, 6.45) is 10.4. The van der Waals surface area contributed by atoms with Crippen molar-refractivity contribution in [2.45, 2.75) is 64.3 Å². The van der Waals surface area contributed by atoms with Gasteiger partial charge in [0.1, 0.15) is 0 Å². The van der Waals surface area contributed by atoms with Crippen molar-refractivity contribution in [3.05, 3.63) is 0 Å². The quantitative estimate of drug-likeness (QED) is 0.600. The van der Waals surface area contributed by atoms with E-state index in [0.717, 1.165) is 19.5 Å². The van der Waals surface area contributed by atoms with Crippen molar-refractivity contribution in [3.8, 4) is 6.07 Å². The highest BCUT2D eigenvalue weighted by Gasteiger charge is 2.22. The maximum absolute atomic E-state index is 8.92. The molecule has 0 N–H and O–H groups in total. The van der Waals surface area contributed by atoms with E-state index < -0.39 is 0 Å². The van der Waals surface area contributed by atoms with Crippen LogP contribution in [0.15, 0.2) is 0 Å². The average molecular weight is 208 g/mol. The van der Waals surface area contributed by atoms with Crippen LogP contribution in [0.1, 0.15) is 58.3 Å². The second kappa shape index (κ2) is 7.70. The van der Waals surface area contributed by atoms with Crippen LogP contribution < -0.4 is 0 Å². The maximum atomic E-state index is 8.92. The lowest BCUT2D eigenvalue weighted by Crippen LogP contribution is -2.28. The normalized spacial score (nSPS) is 21.7. The Hall–Kier alpha value is -0.550. The van der Waals surface area contributed by atoms with Crippen LogP contribution in [0.25, 0.3) is 0 Å². The van der Waals surface area contributed by atoms with Crippen LogP contribution in [0.2, 0.25) is 0 Å². The zero-order chi connectivity index (χ0) is 10.9. The van der Waals surface area contributed by atoms with Gasteiger partial charge >= 0.3 is 0 Å². The molecule has 0 spiro atoms. The predicted molar refractivity (Wildman–Crippen MR) is 63.6 cm³/mol. The van der Waals surface area contributed by atoms with Crippen LogP contribution in [0.4, 0.5) is 0 Å². The van der Waals surface area contributed by atoms with Gasteiger partial charge in [-0.1, -0.05) is 39.0 Å². The predicted octanol–water partition coefficient (Wildman–Crippen LogP) is 3.33. The highest BCUT2D eigenvalue weighted by molar-refractivity contribution is 4.95. The summed E-state index contributed by atoms with van der Waals surface area (Å²) in [6, 6.07) is 2.62. The Labute approximate surface area is 94.3 Å². The first-order chi connectivity index (χ1) is 7.38. The molecule has 1 atom stereocenters. The minimum atomic E-state index is 0.223. The summed E-state index contributed by atoms with van der Waals surface area (Å²) in [6.45, 7) is 4.54. The summed E-state index contributed by atoms with van der Waals surface area (Å²) < 4.78 is 0. The molecule has 1 saturated heterocycles. The molecule has 1 unspecified atom stereocenters. The summed E-state index contributed by atoms with van der Waals surface area (Å²) in [5.74, 6) is 0. The third-order valence-corrected chi connectivity index (χ3v) is 3.31. The van der Waals surface area contributed by atoms with Crippen molar-refractivity contribution in [1.82, 2.24) is 4.90 Å². The number of likely N-dealkylation sites (tertiary alicyclic amines) is 1. The Morgan fingerprint density at radius 3 is 2.67 bits per heavy atom. The van der Waals surface area contributed by atoms with E-state index in [-0.39, 0.29) is 6.04 Å². The van der Waals surface area contributed by atoms with Crippen molar-refractivity contribution in [2.24, 2.45) is 0 Å². The first-order valence-corrected chi connectivity index (χ1v) is 6.52. The summed E-state index contributed by atoms with van der Waals surface area (Å²) in [5.41, 5.74) is 0. The fourth-order valence-corrected chi connectivity index (χ4v) is 2.34. The second-order valence-electron chi connectivity index (χ2n) is 4.59. The minimum absolute atomic E-state index is 0.223. The molecule has 0 aromatic rings. The molecule has 0 aromatic carbocycles. The van der Waals surface area contributed by atoms with Crippen LogP contribution in [0.5, 0.6) is 0 Å². The molecule has 0 radical (unpaired) electrons. The van der Waals surface area contributed by atoms with E-state index in [2.05, 4.69) is 17.9 Å². The van der Waals surface area contributed by atoms with Crippen LogP contribution >= 0.6 is 0 Å². The van der Waals surface area contributed by atoms with E-state index >= 15 is 0 Å². The highest BCUT2D eigenvalue weighted by atomic mass is 15.2. The lowest BCUT2D eigenvalue weighted by atomic mass is 10.1. The fourth-order valence-electron chi connectivity index (χ4n) is 2.34. The van der Waals surface area contributed by atoms with E-state index in [9.17, 15) is 0 Å². The maximum Gasteiger partial charge on any atom is 0.0978 e. The lowest BCUT2D eigenvalue weighted by molar-refractivity contribution is 0.286. The number of unbranched alkanes of at least 4 members (excludes halogenated alkanes) is 5. The summed E-state index contributed by atoms with van der Waals surface area (Å²) in [7, 11) is 0. The van der Waals surface area contributed by atoms with Crippen molar-refractivity contribution in [3.63, 3.8) is 0 Å². The molecule has 1 aliphatic rings. The van der Waals surface area contributed by atoms with Gasteiger partial charge in [0.2, 0.25) is 0 Å². The number of rotatable bonds is 7. The molecule has 2 nitrogen and oxygen atoms in total. The van der Waals surface area contributed by atoms with Crippen LogP contribution in [-0.2, 0) is 0 Å². The van der Waals surface area contributed by atoms with Gasteiger partial charge in [-0.05, 0) is 32.4 Å². The zero-order valence-corrected chi connectivity index (χ0v) is 10.0. The van der Waals surface area contributed by atoms with E-state index in [4.69, 9.17) is 5.26 Å². The van der Waals surface area contributed by atoms with E-state index in [0.29, 0.717) is 0 Å². The van der Waals surface area contributed by atoms with Crippen LogP contribution in [-0.4, -0.2) is 24.0 Å². The lowest BCUT2D eigenvalue weighted by Gasteiger charge is -2.18. The molecule has 1 aliphatic heterocycles. The summed E-state index contributed by atoms with van der Waals surface area (Å²) in [4.78, 5) is 2.36. The molecule has 0 aromatic heterocycles. The zero-order valence-electron chi connectivity index (χ0n) is 10.0. The van der Waals surface area contributed by atoms with E-state index in [1.807, 2.05) is 0 Å². The molecule has 0 bridgehead atoms. The Kier molecular flexibility index (Phi) is 6.43. The number of nitriles is 1. The number of hydrogen-bond acceptors (Lipinski definition) is 2. The molecular formula is C13H24N2. The van der Waals surface area contributed by atoms with Crippen molar-refractivity contribution in [1.29, 1.82) is 5.26 Å². The molecule has 2 heteroatoms. The summed E-state index contributed by atoms with van der Waals surface area (Å²) >= 11 is 0. The third kappa shape index (κ3) is 4.66. The largest absolute Gasteiger partial charge is 0.288 e. The molecule has 86 valence electrons. The fraction of sp³-hybridized carbons (Fsp3) is 0.923. The van der Waals surface area contributed by atoms with Gasteiger partial charge in [0, 0.05) is 0 Å². The smallest absolute Gasteiger partial charge is 0.0978 e. The molecule has 0 saturated carbocycles. The molecular weight excluding hydrogens is 184 g/mol. The molecule has 0 aliphatic carbocycles. The Morgan fingerprint density at radius 1 is 1.20 bits per heavy atom. The van der Waals surface area contributed by atoms with Crippen LogP contribution in [0.3, 0.4) is 0 Å². The highest BCUT2D eigenvalue weighted by Crippen LogP contribution is 2.17. The number of nitrogens with zero attached hydrogens (tertiary/aromatic N) is 2. The topological polar surface area (TPSA) is 27.0 Å². The van der Waals surface area contributed by atoms with Crippen molar-refractivity contribution >= 4 is 0 Å². The molecule has 1 rings (SSSR count). The third-order valence-electron chi connectivity index (χ3n) is 3.31. The molecule has 15 heavy (non-hydrogen) atoms. The standard InChI is InChI=1S/C13H24N2/c1-2-3-4-5-6-7-10-15-11-8-9-13(15)12-14/h13H,2-11H2,1H3. The molecule has 1 fully saturated rings. The van der Waals surface area contributed by atoms with Gasteiger partial charge in [-0.2, -0.15) is 5.26 Å². The first-order valence-electron chi connectivity index (χ1n) is 6.52. The minimum Gasteiger partial charge on any atom is -0.288 e. The van der Waals surface area contributed by atoms with Crippen molar-refractivity contribution in [2.75, 3.05) is 13.1 Å². The Balaban J connectivity index is 1.98. The van der Waals surface area contributed by atoms with Gasteiger partial charge in [0.15, 0.2) is 0 Å². The van der Waals surface area contributed by atoms with E-state index in [1.54, 1.807) is 0 Å². The summed E-state index contributed by atoms with van der Waals surface area (Å²) in [5, 5.41) is 8.92. The van der Waals surface area contributed by atoms with Gasteiger partial charge in [0.25, 0.3) is 0 Å². The van der Waals surface area contributed by atoms with Crippen LogP contribution in [0, 0.1) is 11.3 Å². The van der Waals surface area contributed by atoms with Gasteiger partial charge in [-0.15, -0.1) is 0 Å². The van der Waals surface area contributed by atoms with Gasteiger partial charge < -0.3 is 0 Å². The first kappa shape index (κ1) is 12.5. The second-order valence-corrected chi connectivity index (χ2v) is 4.59.